The second kappa shape index (κ2) is 7.94. The summed E-state index contributed by atoms with van der Waals surface area (Å²) in [6, 6.07) is 13.3. The smallest absolute Gasteiger partial charge is 0.254 e. The second-order valence-electron chi connectivity index (χ2n) is 5.90. The van der Waals surface area contributed by atoms with Gasteiger partial charge in [-0.1, -0.05) is 24.8 Å². The van der Waals surface area contributed by atoms with Gasteiger partial charge in [-0.15, -0.1) is 0 Å². The van der Waals surface area contributed by atoms with Crippen LogP contribution in [-0.4, -0.2) is 37.0 Å². The fourth-order valence-electron chi connectivity index (χ4n) is 2.97. The summed E-state index contributed by atoms with van der Waals surface area (Å²) in [4.78, 5) is 14.7. The zero-order chi connectivity index (χ0) is 17.6. The molecule has 1 amide bonds. The van der Waals surface area contributed by atoms with Gasteiger partial charge >= 0.3 is 0 Å². The zero-order valence-electron chi connectivity index (χ0n) is 14.0. The lowest BCUT2D eigenvalue weighted by Gasteiger charge is -2.36. The van der Waals surface area contributed by atoms with Crippen molar-refractivity contribution in [3.8, 4) is 5.75 Å². The first-order chi connectivity index (χ1) is 12.2. The molecule has 4 nitrogen and oxygen atoms in total. The van der Waals surface area contributed by atoms with Gasteiger partial charge in [-0.2, -0.15) is 0 Å². The standard InChI is InChI=1S/C20H21FN2O2/c1-2-12-25-18-8-6-15(7-9-18)20(24)23-11-10-22-14-19(23)16-4-3-5-17(21)13-16/h2-9,13,19,22H,1,10-12,14H2. The number of hydrogen-bond acceptors (Lipinski definition) is 3. The number of carbonyl (C=O) groups excluding carboxylic acids is 1. The lowest BCUT2D eigenvalue weighted by molar-refractivity contribution is 0.0634. The molecule has 0 spiro atoms. The number of amides is 1. The Labute approximate surface area is 146 Å². The summed E-state index contributed by atoms with van der Waals surface area (Å²) in [6.45, 7) is 5.94. The summed E-state index contributed by atoms with van der Waals surface area (Å²) in [5, 5.41) is 3.28. The largest absolute Gasteiger partial charge is 0.490 e. The van der Waals surface area contributed by atoms with Crippen LogP contribution in [-0.2, 0) is 0 Å². The number of piperazine rings is 1. The van der Waals surface area contributed by atoms with Gasteiger partial charge in [-0.05, 0) is 42.0 Å². The molecule has 1 heterocycles. The molecule has 1 atom stereocenters. The van der Waals surface area contributed by atoms with Gasteiger partial charge in [0.05, 0.1) is 6.04 Å². The second-order valence-corrected chi connectivity index (χ2v) is 5.90. The number of carbonyl (C=O) groups is 1. The third kappa shape index (κ3) is 4.06. The molecule has 5 heteroatoms. The topological polar surface area (TPSA) is 41.6 Å². The average molecular weight is 340 g/mol. The van der Waals surface area contributed by atoms with Crippen LogP contribution in [0.2, 0.25) is 0 Å². The van der Waals surface area contributed by atoms with Crippen molar-refractivity contribution in [2.45, 2.75) is 6.04 Å². The molecule has 0 bridgehead atoms. The number of nitrogens with zero attached hydrogens (tertiary/aromatic N) is 1. The van der Waals surface area contributed by atoms with Gasteiger partial charge in [0.2, 0.25) is 0 Å². The van der Waals surface area contributed by atoms with E-state index in [1.807, 2.05) is 6.07 Å². The van der Waals surface area contributed by atoms with Crippen LogP contribution in [0, 0.1) is 5.82 Å². The predicted molar refractivity (Wildman–Crippen MR) is 95.2 cm³/mol. The minimum Gasteiger partial charge on any atom is -0.490 e. The molecular weight excluding hydrogens is 319 g/mol. The number of benzene rings is 2. The Morgan fingerprint density at radius 1 is 1.32 bits per heavy atom. The number of halogens is 1. The predicted octanol–water partition coefficient (Wildman–Crippen LogP) is 3.18. The van der Waals surface area contributed by atoms with Crippen LogP contribution in [0.5, 0.6) is 5.75 Å². The first kappa shape index (κ1) is 17.2. The summed E-state index contributed by atoms with van der Waals surface area (Å²) < 4.78 is 19.0. The van der Waals surface area contributed by atoms with E-state index in [0.717, 1.165) is 12.1 Å². The van der Waals surface area contributed by atoms with Crippen molar-refractivity contribution in [3.05, 3.63) is 78.1 Å². The summed E-state index contributed by atoms with van der Waals surface area (Å²) in [7, 11) is 0. The molecular formula is C20H21FN2O2. The van der Waals surface area contributed by atoms with Crippen molar-refractivity contribution in [1.82, 2.24) is 10.2 Å². The van der Waals surface area contributed by atoms with E-state index in [1.165, 1.54) is 12.1 Å². The molecule has 1 unspecified atom stereocenters. The SMILES string of the molecule is C=CCOc1ccc(C(=O)N2CCNCC2c2cccc(F)c2)cc1. The minimum absolute atomic E-state index is 0.0639. The number of nitrogens with one attached hydrogen (secondary N) is 1. The molecule has 1 aliphatic heterocycles. The van der Waals surface area contributed by atoms with Gasteiger partial charge in [0.15, 0.2) is 0 Å². The molecule has 0 aromatic heterocycles. The molecule has 2 aromatic rings. The average Bonchev–Trinajstić information content (AvgIpc) is 2.66. The van der Waals surface area contributed by atoms with Gasteiger partial charge in [0.1, 0.15) is 18.2 Å². The molecule has 0 aliphatic carbocycles. The van der Waals surface area contributed by atoms with Crippen LogP contribution < -0.4 is 10.1 Å². The third-order valence-electron chi connectivity index (χ3n) is 4.21. The van der Waals surface area contributed by atoms with Gasteiger partial charge in [-0.25, -0.2) is 4.39 Å². The van der Waals surface area contributed by atoms with Crippen molar-refractivity contribution in [2.75, 3.05) is 26.2 Å². The van der Waals surface area contributed by atoms with Crippen molar-refractivity contribution in [2.24, 2.45) is 0 Å². The summed E-state index contributed by atoms with van der Waals surface area (Å²) in [5.74, 6) is 0.337. The van der Waals surface area contributed by atoms with E-state index < -0.39 is 0 Å². The molecule has 1 fully saturated rings. The van der Waals surface area contributed by atoms with Crippen LogP contribution in [0.1, 0.15) is 22.0 Å². The number of rotatable bonds is 5. The highest BCUT2D eigenvalue weighted by atomic mass is 19.1. The van der Waals surface area contributed by atoms with Crippen LogP contribution in [0.25, 0.3) is 0 Å². The maximum absolute atomic E-state index is 13.6. The Bertz CT molecular complexity index is 746. The highest BCUT2D eigenvalue weighted by Gasteiger charge is 2.28. The first-order valence-corrected chi connectivity index (χ1v) is 8.30. The Morgan fingerprint density at radius 3 is 2.84 bits per heavy atom. The summed E-state index contributed by atoms with van der Waals surface area (Å²) >= 11 is 0. The van der Waals surface area contributed by atoms with E-state index in [1.54, 1.807) is 41.3 Å². The molecule has 1 N–H and O–H groups in total. The van der Waals surface area contributed by atoms with Gasteiger partial charge in [0.25, 0.3) is 5.91 Å². The van der Waals surface area contributed by atoms with Crippen LogP contribution in [0.4, 0.5) is 4.39 Å². The Morgan fingerprint density at radius 2 is 2.12 bits per heavy atom. The minimum atomic E-state index is -0.292. The highest BCUT2D eigenvalue weighted by Crippen LogP contribution is 2.25. The molecule has 0 radical (unpaired) electrons. The number of ether oxygens (including phenoxy) is 1. The molecule has 1 saturated heterocycles. The van der Waals surface area contributed by atoms with Crippen LogP contribution in [0.15, 0.2) is 61.2 Å². The molecule has 0 saturated carbocycles. The van der Waals surface area contributed by atoms with Crippen LogP contribution in [0.3, 0.4) is 0 Å². The Hall–Kier alpha value is -2.66. The Balaban J connectivity index is 1.80. The van der Waals surface area contributed by atoms with Crippen molar-refractivity contribution >= 4 is 5.91 Å². The van der Waals surface area contributed by atoms with E-state index in [9.17, 15) is 9.18 Å². The third-order valence-corrected chi connectivity index (χ3v) is 4.21. The lowest BCUT2D eigenvalue weighted by Crippen LogP contribution is -2.48. The van der Waals surface area contributed by atoms with Gasteiger partial charge in [0, 0.05) is 25.2 Å². The normalized spacial score (nSPS) is 17.2. The maximum atomic E-state index is 13.6. The van der Waals surface area contributed by atoms with Gasteiger partial charge < -0.3 is 15.0 Å². The van der Waals surface area contributed by atoms with Crippen molar-refractivity contribution in [3.63, 3.8) is 0 Å². The maximum Gasteiger partial charge on any atom is 0.254 e. The fraction of sp³-hybridized carbons (Fsp3) is 0.250. The molecule has 130 valence electrons. The molecule has 25 heavy (non-hydrogen) atoms. The van der Waals surface area contributed by atoms with E-state index in [0.29, 0.717) is 31.0 Å². The molecule has 2 aromatic carbocycles. The summed E-state index contributed by atoms with van der Waals surface area (Å²) in [6.07, 6.45) is 1.67. The van der Waals surface area contributed by atoms with E-state index in [4.69, 9.17) is 4.74 Å². The quantitative estimate of drug-likeness (QED) is 0.850. The fourth-order valence-corrected chi connectivity index (χ4v) is 2.97. The van der Waals surface area contributed by atoms with Crippen molar-refractivity contribution < 1.29 is 13.9 Å². The Kier molecular flexibility index (Phi) is 5.46. The van der Waals surface area contributed by atoms with E-state index in [-0.39, 0.29) is 17.8 Å². The van der Waals surface area contributed by atoms with E-state index >= 15 is 0 Å². The zero-order valence-corrected chi connectivity index (χ0v) is 14.0. The highest BCUT2D eigenvalue weighted by molar-refractivity contribution is 5.94. The lowest BCUT2D eigenvalue weighted by atomic mass is 10.0. The molecule has 1 aliphatic rings. The summed E-state index contributed by atoms with van der Waals surface area (Å²) in [5.41, 5.74) is 1.39. The molecule has 3 rings (SSSR count). The van der Waals surface area contributed by atoms with Crippen LogP contribution >= 0.6 is 0 Å². The number of hydrogen-bond donors (Lipinski definition) is 1. The van der Waals surface area contributed by atoms with Gasteiger partial charge in [-0.3, -0.25) is 4.79 Å². The first-order valence-electron chi connectivity index (χ1n) is 8.30. The van der Waals surface area contributed by atoms with E-state index in [2.05, 4.69) is 11.9 Å². The van der Waals surface area contributed by atoms with Crippen molar-refractivity contribution in [1.29, 1.82) is 0 Å². The monoisotopic (exact) mass is 340 g/mol.